The molecular weight excluding hydrogens is 382 g/mol. The molecule has 1 heterocycles. The summed E-state index contributed by atoms with van der Waals surface area (Å²) in [6, 6.07) is 25.2. The van der Waals surface area contributed by atoms with Crippen molar-refractivity contribution in [1.82, 2.24) is 4.98 Å². The monoisotopic (exact) mass is 399 g/mol. The quantitative estimate of drug-likeness (QED) is 0.192. The van der Waals surface area contributed by atoms with E-state index in [1.807, 2.05) is 78.9 Å². The van der Waals surface area contributed by atoms with E-state index in [1.165, 1.54) is 0 Å². The summed E-state index contributed by atoms with van der Waals surface area (Å²) >= 11 is 1.08. The first kappa shape index (κ1) is 18.8. The summed E-state index contributed by atoms with van der Waals surface area (Å²) in [6.07, 6.45) is 0. The van der Waals surface area contributed by atoms with Crippen LogP contribution in [0.2, 0.25) is 0 Å². The molecule has 4 aromatic rings. The van der Waals surface area contributed by atoms with Crippen LogP contribution in [-0.4, -0.2) is 16.5 Å². The molecule has 0 saturated carbocycles. The molecule has 0 fully saturated rings. The van der Waals surface area contributed by atoms with Crippen molar-refractivity contribution in [2.75, 3.05) is 6.54 Å². The Bertz CT molecular complexity index is 1190. The fraction of sp³-hybridized carbons (Fsp3) is 0.0870. The molecule has 0 saturated heterocycles. The number of nitrogens with one attached hydrogen (secondary N) is 1. The highest BCUT2D eigenvalue weighted by atomic mass is 32.2. The van der Waals surface area contributed by atoms with Gasteiger partial charge in [-0.05, 0) is 46.7 Å². The van der Waals surface area contributed by atoms with Crippen LogP contribution in [0.5, 0.6) is 0 Å². The van der Waals surface area contributed by atoms with Crippen molar-refractivity contribution >= 4 is 22.7 Å². The summed E-state index contributed by atoms with van der Waals surface area (Å²) in [4.78, 5) is 15.6. The van der Waals surface area contributed by atoms with Crippen molar-refractivity contribution in [2.45, 2.75) is 10.8 Å². The number of nitro groups is 1. The third-order valence-electron chi connectivity index (χ3n) is 4.93. The topological polar surface area (TPSA) is 82.7 Å². The lowest BCUT2D eigenvalue weighted by atomic mass is 9.87. The smallest absolute Gasteiger partial charge is 0.214 e. The summed E-state index contributed by atoms with van der Waals surface area (Å²) in [5.74, 6) is -0.419. The maximum atomic E-state index is 11.6. The minimum Gasteiger partial charge on any atom is -0.354 e. The van der Waals surface area contributed by atoms with E-state index in [4.69, 9.17) is 5.26 Å². The van der Waals surface area contributed by atoms with E-state index in [0.717, 1.165) is 49.9 Å². The van der Waals surface area contributed by atoms with E-state index in [-0.39, 0.29) is 11.5 Å². The van der Waals surface area contributed by atoms with Crippen LogP contribution >= 0.6 is 11.8 Å². The summed E-state index contributed by atoms with van der Waals surface area (Å²) in [7, 11) is 0. The highest BCUT2D eigenvalue weighted by Gasteiger charge is 2.27. The Morgan fingerprint density at radius 2 is 1.69 bits per heavy atom. The van der Waals surface area contributed by atoms with Gasteiger partial charge in [0.2, 0.25) is 6.54 Å². The molecule has 29 heavy (non-hydrogen) atoms. The number of fused-ring (bicyclic) bond motifs is 1. The van der Waals surface area contributed by atoms with Gasteiger partial charge in [-0.15, -0.1) is 0 Å². The van der Waals surface area contributed by atoms with Gasteiger partial charge in [0.1, 0.15) is 5.40 Å². The number of para-hydroxylation sites is 1. The molecule has 1 atom stereocenters. The van der Waals surface area contributed by atoms with Crippen LogP contribution in [0.15, 0.2) is 83.8 Å². The normalized spacial score (nSPS) is 11.8. The Labute approximate surface area is 172 Å². The van der Waals surface area contributed by atoms with Crippen molar-refractivity contribution in [3.8, 4) is 16.7 Å². The maximum Gasteiger partial charge on any atom is 0.214 e. The van der Waals surface area contributed by atoms with Crippen molar-refractivity contribution in [1.29, 1.82) is 5.26 Å². The summed E-state index contributed by atoms with van der Waals surface area (Å²) < 4.78 is 0. The van der Waals surface area contributed by atoms with E-state index in [0.29, 0.717) is 0 Å². The fourth-order valence-corrected chi connectivity index (χ4v) is 4.07. The van der Waals surface area contributed by atoms with E-state index in [9.17, 15) is 10.1 Å². The number of hydrogen-bond acceptors (Lipinski definition) is 4. The summed E-state index contributed by atoms with van der Waals surface area (Å²) in [6.45, 7) is -0.216. The van der Waals surface area contributed by atoms with Crippen LogP contribution in [0, 0.1) is 20.8 Å². The Morgan fingerprint density at radius 1 is 1.00 bits per heavy atom. The predicted molar refractivity (Wildman–Crippen MR) is 115 cm³/mol. The molecule has 0 spiro atoms. The van der Waals surface area contributed by atoms with Gasteiger partial charge < -0.3 is 4.98 Å². The maximum absolute atomic E-state index is 11.6. The van der Waals surface area contributed by atoms with Crippen LogP contribution in [0.4, 0.5) is 0 Å². The van der Waals surface area contributed by atoms with Crippen LogP contribution in [0.3, 0.4) is 0 Å². The van der Waals surface area contributed by atoms with Crippen LogP contribution in [-0.2, 0) is 0 Å². The second-order valence-electron chi connectivity index (χ2n) is 6.66. The molecule has 1 unspecified atom stereocenters. The number of H-pyrrole nitrogens is 1. The molecule has 3 aromatic carbocycles. The molecule has 0 aliphatic carbocycles. The van der Waals surface area contributed by atoms with Gasteiger partial charge in [0.15, 0.2) is 0 Å². The molecule has 0 aliphatic rings. The van der Waals surface area contributed by atoms with E-state index in [2.05, 4.69) is 10.4 Å². The van der Waals surface area contributed by atoms with Gasteiger partial charge in [-0.2, -0.15) is 5.26 Å². The van der Waals surface area contributed by atoms with Crippen LogP contribution < -0.4 is 0 Å². The minimum atomic E-state index is -0.419. The lowest BCUT2D eigenvalue weighted by Crippen LogP contribution is -2.14. The second-order valence-corrected chi connectivity index (χ2v) is 7.51. The molecule has 142 valence electrons. The third kappa shape index (κ3) is 3.86. The lowest BCUT2D eigenvalue weighted by molar-refractivity contribution is -0.481. The molecule has 1 N–H and O–H groups in total. The number of aromatic amines is 1. The molecule has 0 amide bonds. The first-order valence-corrected chi connectivity index (χ1v) is 9.92. The molecular formula is C23H17N3O2S. The van der Waals surface area contributed by atoms with Crippen molar-refractivity contribution < 1.29 is 4.92 Å². The van der Waals surface area contributed by atoms with Crippen molar-refractivity contribution in [3.05, 3.63) is 100 Å². The van der Waals surface area contributed by atoms with Gasteiger partial charge in [0.25, 0.3) is 0 Å². The average molecular weight is 399 g/mol. The number of aromatic nitrogens is 1. The van der Waals surface area contributed by atoms with Gasteiger partial charge in [-0.25, -0.2) is 0 Å². The first-order valence-electron chi connectivity index (χ1n) is 9.11. The number of thiocyanates is 1. The zero-order chi connectivity index (χ0) is 20.2. The van der Waals surface area contributed by atoms with E-state index in [1.54, 1.807) is 0 Å². The zero-order valence-electron chi connectivity index (χ0n) is 15.4. The van der Waals surface area contributed by atoms with Gasteiger partial charge in [0.05, 0.1) is 11.6 Å². The molecule has 4 rings (SSSR count). The number of rotatable bonds is 6. The summed E-state index contributed by atoms with van der Waals surface area (Å²) in [5, 5.41) is 23.5. The highest BCUT2D eigenvalue weighted by Crippen LogP contribution is 2.39. The fourth-order valence-electron chi connectivity index (χ4n) is 3.69. The minimum absolute atomic E-state index is 0.216. The van der Waals surface area contributed by atoms with Crippen LogP contribution in [0.1, 0.15) is 17.0 Å². The molecule has 1 aromatic heterocycles. The number of nitrogens with zero attached hydrogens (tertiary/aromatic N) is 2. The van der Waals surface area contributed by atoms with E-state index < -0.39 is 5.92 Å². The van der Waals surface area contributed by atoms with Gasteiger partial charge in [-0.3, -0.25) is 10.1 Å². The van der Waals surface area contributed by atoms with Gasteiger partial charge in [-0.1, -0.05) is 60.7 Å². The number of thioether (sulfide) groups is 1. The zero-order valence-corrected chi connectivity index (χ0v) is 16.2. The van der Waals surface area contributed by atoms with Crippen LogP contribution in [0.25, 0.3) is 22.2 Å². The largest absolute Gasteiger partial charge is 0.354 e. The molecule has 0 bridgehead atoms. The number of benzene rings is 3. The Kier molecular flexibility index (Phi) is 5.32. The molecule has 0 aliphatic heterocycles. The third-order valence-corrected chi connectivity index (χ3v) is 5.53. The summed E-state index contributed by atoms with van der Waals surface area (Å²) in [5.41, 5.74) is 4.61. The van der Waals surface area contributed by atoms with E-state index >= 15 is 0 Å². The highest BCUT2D eigenvalue weighted by molar-refractivity contribution is 8.03. The Hall–Kier alpha value is -3.56. The Morgan fingerprint density at radius 3 is 2.38 bits per heavy atom. The number of nitriles is 1. The Balaban J connectivity index is 1.92. The second kappa shape index (κ2) is 8.21. The molecule has 0 radical (unpaired) electrons. The van der Waals surface area contributed by atoms with Gasteiger partial charge >= 0.3 is 0 Å². The number of hydrogen-bond donors (Lipinski definition) is 1. The molecule has 5 nitrogen and oxygen atoms in total. The standard InChI is InChI=1S/C23H17N3O2S/c24-15-29-18-12-10-16(11-13-18)20(14-26(27)28)22-19-8-4-5-9-21(19)25-23(22)17-6-2-1-3-7-17/h1-13,20,25H,14H2. The van der Waals surface area contributed by atoms with Crippen molar-refractivity contribution in [3.63, 3.8) is 0 Å². The predicted octanol–water partition coefficient (Wildman–Crippen LogP) is 5.82. The average Bonchev–Trinajstić information content (AvgIpc) is 3.13. The van der Waals surface area contributed by atoms with Crippen molar-refractivity contribution in [2.24, 2.45) is 0 Å². The first-order chi connectivity index (χ1) is 14.2. The molecule has 6 heteroatoms. The SMILES string of the molecule is N#CSc1ccc(C(C[N+](=O)[O-])c2c(-c3ccccc3)[nH]c3ccccc23)cc1. The van der Waals surface area contributed by atoms with Gasteiger partial charge in [0, 0.05) is 20.7 Å². The lowest BCUT2D eigenvalue weighted by Gasteiger charge is -2.16.